The molecule has 1 atom stereocenters. The topological polar surface area (TPSA) is 59.5 Å². The summed E-state index contributed by atoms with van der Waals surface area (Å²) in [6.07, 6.45) is 0.988. The second kappa shape index (κ2) is 5.85. The highest BCUT2D eigenvalue weighted by Gasteiger charge is 2.29. The number of carbonyl (C=O) groups is 1. The van der Waals surface area contributed by atoms with Crippen LogP contribution in [0.25, 0.3) is 11.0 Å². The first kappa shape index (κ1) is 14.9. The third-order valence-electron chi connectivity index (χ3n) is 3.94. The second-order valence-electron chi connectivity index (χ2n) is 5.19. The molecule has 0 bridgehead atoms. The molecule has 1 saturated heterocycles. The van der Waals surface area contributed by atoms with Crippen molar-refractivity contribution >= 4 is 29.3 Å². The van der Waals surface area contributed by atoms with E-state index in [-0.39, 0.29) is 18.3 Å². The predicted octanol–water partition coefficient (Wildman–Crippen LogP) is 2.58. The van der Waals surface area contributed by atoms with Gasteiger partial charge in [0.1, 0.15) is 5.58 Å². The Kier molecular flexibility index (Phi) is 4.35. The molecule has 1 fully saturated rings. The summed E-state index contributed by atoms with van der Waals surface area (Å²) in [7, 11) is 0. The van der Waals surface area contributed by atoms with Gasteiger partial charge in [-0.1, -0.05) is 18.2 Å². The Balaban J connectivity index is 0.00000147. The van der Waals surface area contributed by atoms with Crippen molar-refractivity contribution in [1.29, 1.82) is 0 Å². The second-order valence-corrected chi connectivity index (χ2v) is 5.19. The lowest BCUT2D eigenvalue weighted by Gasteiger charge is -2.14. The van der Waals surface area contributed by atoms with E-state index in [9.17, 15) is 4.79 Å². The molecular formula is C15H19ClN2O2. The number of halogens is 1. The number of rotatable bonds is 2. The van der Waals surface area contributed by atoms with Gasteiger partial charge in [0.05, 0.1) is 0 Å². The summed E-state index contributed by atoms with van der Waals surface area (Å²) in [4.78, 5) is 14.3. The Labute approximate surface area is 124 Å². The first-order valence-electron chi connectivity index (χ1n) is 6.68. The maximum absolute atomic E-state index is 12.5. The van der Waals surface area contributed by atoms with Gasteiger partial charge in [0.25, 0.3) is 5.91 Å². The molecule has 2 heterocycles. The van der Waals surface area contributed by atoms with Gasteiger partial charge in [-0.15, -0.1) is 12.4 Å². The summed E-state index contributed by atoms with van der Waals surface area (Å²) < 4.78 is 5.72. The van der Waals surface area contributed by atoms with Crippen molar-refractivity contribution in [3.8, 4) is 0 Å². The Bertz CT molecular complexity index is 623. The highest BCUT2D eigenvalue weighted by atomic mass is 35.5. The lowest BCUT2D eigenvalue weighted by molar-refractivity contribution is 0.0757. The summed E-state index contributed by atoms with van der Waals surface area (Å²) in [5.41, 5.74) is 7.37. The third-order valence-corrected chi connectivity index (χ3v) is 3.94. The quantitative estimate of drug-likeness (QED) is 0.926. The largest absolute Gasteiger partial charge is 0.451 e. The van der Waals surface area contributed by atoms with E-state index in [1.54, 1.807) is 0 Å². The van der Waals surface area contributed by atoms with Crippen LogP contribution >= 0.6 is 12.4 Å². The molecule has 1 aromatic carbocycles. The van der Waals surface area contributed by atoms with Gasteiger partial charge in [-0.25, -0.2) is 0 Å². The van der Waals surface area contributed by atoms with Gasteiger partial charge in [-0.2, -0.15) is 0 Å². The van der Waals surface area contributed by atoms with Crippen LogP contribution in [0, 0.1) is 12.8 Å². The monoisotopic (exact) mass is 294 g/mol. The number of nitrogens with two attached hydrogens (primary N) is 1. The average molecular weight is 295 g/mol. The first-order valence-corrected chi connectivity index (χ1v) is 6.68. The highest BCUT2D eigenvalue weighted by molar-refractivity contribution is 5.99. The minimum atomic E-state index is -0.00958. The molecule has 0 radical (unpaired) electrons. The van der Waals surface area contributed by atoms with Gasteiger partial charge >= 0.3 is 0 Å². The molecule has 0 aliphatic carbocycles. The maximum Gasteiger partial charge on any atom is 0.289 e. The molecule has 1 aromatic heterocycles. The van der Waals surface area contributed by atoms with Crippen molar-refractivity contribution in [2.24, 2.45) is 11.7 Å². The van der Waals surface area contributed by atoms with Gasteiger partial charge in [0, 0.05) is 24.0 Å². The van der Waals surface area contributed by atoms with Crippen molar-refractivity contribution in [3.63, 3.8) is 0 Å². The maximum atomic E-state index is 12.5. The summed E-state index contributed by atoms with van der Waals surface area (Å²) in [5, 5.41) is 1.01. The Morgan fingerprint density at radius 2 is 2.20 bits per heavy atom. The minimum absolute atomic E-state index is 0. The molecule has 1 aliphatic rings. The summed E-state index contributed by atoms with van der Waals surface area (Å²) in [6, 6.07) is 7.75. The van der Waals surface area contributed by atoms with E-state index >= 15 is 0 Å². The number of hydrogen-bond donors (Lipinski definition) is 1. The highest BCUT2D eigenvalue weighted by Crippen LogP contribution is 2.27. The number of nitrogens with zero attached hydrogens (tertiary/aromatic N) is 1. The Hall–Kier alpha value is -1.52. The molecular weight excluding hydrogens is 276 g/mol. The van der Waals surface area contributed by atoms with Crippen LogP contribution in [0.1, 0.15) is 22.5 Å². The molecule has 1 aliphatic heterocycles. The van der Waals surface area contributed by atoms with E-state index in [4.69, 9.17) is 10.2 Å². The standard InChI is InChI=1S/C15H18N2O2.ClH/c1-10-12-4-2-3-5-13(12)19-14(10)15(18)17-7-6-11(8-16)9-17;/h2-5,11H,6-9,16H2,1H3;1H. The van der Waals surface area contributed by atoms with Gasteiger partial charge in [0.15, 0.2) is 5.76 Å². The average Bonchev–Trinajstić information content (AvgIpc) is 3.04. The van der Waals surface area contributed by atoms with Gasteiger partial charge < -0.3 is 15.1 Å². The fraction of sp³-hybridized carbons (Fsp3) is 0.400. The van der Waals surface area contributed by atoms with E-state index in [2.05, 4.69) is 0 Å². The molecule has 2 N–H and O–H groups in total. The number of likely N-dealkylation sites (tertiary alicyclic amines) is 1. The van der Waals surface area contributed by atoms with Crippen molar-refractivity contribution in [1.82, 2.24) is 4.90 Å². The lowest BCUT2D eigenvalue weighted by Crippen LogP contribution is -2.30. The SMILES string of the molecule is Cc1c(C(=O)N2CCC(CN)C2)oc2ccccc12.Cl. The van der Waals surface area contributed by atoms with Crippen LogP contribution in [0.5, 0.6) is 0 Å². The van der Waals surface area contributed by atoms with Crippen LogP contribution in [-0.4, -0.2) is 30.4 Å². The molecule has 0 saturated carbocycles. The zero-order chi connectivity index (χ0) is 13.4. The van der Waals surface area contributed by atoms with E-state index in [0.717, 1.165) is 36.0 Å². The van der Waals surface area contributed by atoms with E-state index in [1.165, 1.54) is 0 Å². The molecule has 108 valence electrons. The normalized spacial score (nSPS) is 18.3. The van der Waals surface area contributed by atoms with Crippen LogP contribution in [0.15, 0.2) is 28.7 Å². The van der Waals surface area contributed by atoms with E-state index < -0.39 is 0 Å². The molecule has 3 rings (SSSR count). The van der Waals surface area contributed by atoms with Crippen molar-refractivity contribution in [2.45, 2.75) is 13.3 Å². The number of para-hydroxylation sites is 1. The lowest BCUT2D eigenvalue weighted by atomic mass is 10.1. The van der Waals surface area contributed by atoms with Crippen LogP contribution in [0.2, 0.25) is 0 Å². The minimum Gasteiger partial charge on any atom is -0.451 e. The van der Waals surface area contributed by atoms with Crippen molar-refractivity contribution in [2.75, 3.05) is 19.6 Å². The van der Waals surface area contributed by atoms with Crippen molar-refractivity contribution in [3.05, 3.63) is 35.6 Å². The van der Waals surface area contributed by atoms with Gasteiger partial charge in [-0.3, -0.25) is 4.79 Å². The zero-order valence-corrected chi connectivity index (χ0v) is 12.3. The molecule has 0 spiro atoms. The Morgan fingerprint density at radius 3 is 2.85 bits per heavy atom. The fourth-order valence-electron chi connectivity index (χ4n) is 2.73. The number of aryl methyl sites for hydroxylation is 1. The van der Waals surface area contributed by atoms with Crippen LogP contribution in [0.3, 0.4) is 0 Å². The molecule has 5 heteroatoms. The molecule has 4 nitrogen and oxygen atoms in total. The summed E-state index contributed by atoms with van der Waals surface area (Å²) in [5.74, 6) is 0.886. The van der Waals surface area contributed by atoms with Crippen LogP contribution in [0.4, 0.5) is 0 Å². The number of benzene rings is 1. The van der Waals surface area contributed by atoms with Crippen molar-refractivity contribution < 1.29 is 9.21 Å². The van der Waals surface area contributed by atoms with E-state index in [1.807, 2.05) is 36.1 Å². The third kappa shape index (κ3) is 2.41. The molecule has 20 heavy (non-hydrogen) atoms. The Morgan fingerprint density at radius 1 is 1.45 bits per heavy atom. The summed E-state index contributed by atoms with van der Waals surface area (Å²) >= 11 is 0. The van der Waals surface area contributed by atoms with Crippen LogP contribution < -0.4 is 5.73 Å². The number of hydrogen-bond acceptors (Lipinski definition) is 3. The smallest absolute Gasteiger partial charge is 0.289 e. The van der Waals surface area contributed by atoms with Crippen LogP contribution in [-0.2, 0) is 0 Å². The van der Waals surface area contributed by atoms with Gasteiger partial charge in [0.2, 0.25) is 0 Å². The number of amides is 1. The zero-order valence-electron chi connectivity index (χ0n) is 11.5. The fourth-order valence-corrected chi connectivity index (χ4v) is 2.73. The van der Waals surface area contributed by atoms with Gasteiger partial charge in [-0.05, 0) is 31.9 Å². The van der Waals surface area contributed by atoms with E-state index in [0.29, 0.717) is 18.2 Å². The number of furan rings is 1. The molecule has 1 unspecified atom stereocenters. The predicted molar refractivity (Wildman–Crippen MR) is 81.3 cm³/mol. The first-order chi connectivity index (χ1) is 9.20. The molecule has 1 amide bonds. The number of fused-ring (bicyclic) bond motifs is 1. The molecule has 2 aromatic rings. The summed E-state index contributed by atoms with van der Waals surface area (Å²) in [6.45, 7) is 4.10. The number of carbonyl (C=O) groups excluding carboxylic acids is 1.